The Morgan fingerprint density at radius 3 is 0.737 bits per heavy atom. The number of rotatable bonds is 34. The van der Waals surface area contributed by atoms with Gasteiger partial charge in [-0.3, -0.25) is 0 Å². The Bertz CT molecular complexity index is 433. The van der Waals surface area contributed by atoms with Crippen molar-refractivity contribution in [3.63, 3.8) is 0 Å². The minimum absolute atomic E-state index is 1.23. The van der Waals surface area contributed by atoms with Crippen LogP contribution in [0.5, 0.6) is 0 Å². The van der Waals surface area contributed by atoms with Crippen molar-refractivity contribution < 1.29 is 0 Å². The molecule has 0 aliphatic heterocycles. The molecule has 0 saturated heterocycles. The molecule has 0 heteroatoms. The maximum absolute atomic E-state index is 3.72. The number of unbranched alkanes of at least 4 members (excludes halogenated alkanes) is 32. The fraction of sp³-hybridized carbons (Fsp3) is 0.895. The third-order valence-electron chi connectivity index (χ3n) is 8.50. The Kier molecular flexibility index (Phi) is 36.0. The van der Waals surface area contributed by atoms with Crippen LogP contribution < -0.4 is 0 Å². The molecule has 0 aromatic carbocycles. The lowest BCUT2D eigenvalue weighted by atomic mass is 10.0. The Balaban J connectivity index is 3.03. The van der Waals surface area contributed by atoms with Gasteiger partial charge >= 0.3 is 0 Å². The van der Waals surface area contributed by atoms with E-state index in [4.69, 9.17) is 0 Å². The lowest BCUT2D eigenvalue weighted by molar-refractivity contribution is 0.512. The molecule has 0 spiro atoms. The van der Waals surface area contributed by atoms with Gasteiger partial charge in [-0.15, -0.1) is 0 Å². The topological polar surface area (TPSA) is 0 Å². The summed E-state index contributed by atoms with van der Waals surface area (Å²) in [6.07, 6.45) is 54.5. The van der Waals surface area contributed by atoms with E-state index in [1.165, 1.54) is 212 Å². The molecular weight excluding hydrogens is 456 g/mol. The van der Waals surface area contributed by atoms with Crippen molar-refractivity contribution in [1.82, 2.24) is 0 Å². The van der Waals surface area contributed by atoms with Crippen molar-refractivity contribution in [1.29, 1.82) is 0 Å². The van der Waals surface area contributed by atoms with Crippen LogP contribution in [0.25, 0.3) is 0 Å². The molecule has 0 unspecified atom stereocenters. The van der Waals surface area contributed by atoms with Crippen LogP contribution in [0.1, 0.15) is 219 Å². The van der Waals surface area contributed by atoms with Crippen molar-refractivity contribution in [2.75, 3.05) is 0 Å². The van der Waals surface area contributed by atoms with E-state index < -0.39 is 0 Å². The molecule has 0 saturated carbocycles. The van der Waals surface area contributed by atoms with Gasteiger partial charge in [-0.25, -0.2) is 0 Å². The van der Waals surface area contributed by atoms with Crippen molar-refractivity contribution in [2.45, 2.75) is 219 Å². The van der Waals surface area contributed by atoms with Crippen molar-refractivity contribution in [3.05, 3.63) is 24.8 Å². The van der Waals surface area contributed by atoms with Crippen molar-refractivity contribution in [2.24, 2.45) is 0 Å². The fourth-order valence-corrected chi connectivity index (χ4v) is 5.83. The first kappa shape index (κ1) is 37.5. The smallest absolute Gasteiger partial charge is 0.0348 e. The molecule has 0 aromatic rings. The summed E-state index contributed by atoms with van der Waals surface area (Å²) in [6.45, 7) is 6.02. The number of hydrogen-bond donors (Lipinski definition) is 0. The summed E-state index contributed by atoms with van der Waals surface area (Å²) in [5.41, 5.74) is 0. The highest BCUT2D eigenvalue weighted by Gasteiger charge is 1.97. The maximum atomic E-state index is 3.72. The molecule has 0 amide bonds. The first-order valence-electron chi connectivity index (χ1n) is 18.2. The highest BCUT2D eigenvalue weighted by molar-refractivity contribution is 4.96. The lowest BCUT2D eigenvalue weighted by Crippen LogP contribution is -1.85. The third kappa shape index (κ3) is 35.5. The average Bonchev–Trinajstić information content (AvgIpc) is 2.93. The zero-order valence-corrected chi connectivity index (χ0v) is 26.8. The lowest BCUT2D eigenvalue weighted by Gasteiger charge is -2.04. The van der Waals surface area contributed by atoms with Crippen molar-refractivity contribution >= 4 is 0 Å². The second-order valence-electron chi connectivity index (χ2n) is 12.4. The fourth-order valence-electron chi connectivity index (χ4n) is 5.83. The summed E-state index contributed by atoms with van der Waals surface area (Å²) in [5.74, 6) is 0. The van der Waals surface area contributed by atoms with E-state index >= 15 is 0 Å². The summed E-state index contributed by atoms with van der Waals surface area (Å²) < 4.78 is 0. The highest BCUT2D eigenvalue weighted by atomic mass is 14.0. The molecule has 0 aromatic heterocycles. The highest BCUT2D eigenvalue weighted by Crippen LogP contribution is 2.17. The van der Waals surface area contributed by atoms with E-state index in [1.807, 2.05) is 6.08 Å². The SMILES string of the molecule is C=CC=CCCCCCCCCCCCCCCCCCCCCCCCCCCCCCCCCCC. The quantitative estimate of drug-likeness (QED) is 0.0573. The molecule has 0 N–H and O–H groups in total. The predicted molar refractivity (Wildman–Crippen MR) is 177 cm³/mol. The van der Waals surface area contributed by atoms with E-state index in [1.54, 1.807) is 0 Å². The standard InChI is InChI=1S/C38H74/c1-3-5-7-9-11-13-15-17-19-21-23-25-27-29-31-33-35-37-38-36-34-32-30-28-26-24-22-20-18-16-14-12-10-8-6-4-2/h3,5,7H,1,4,6,8-38H2,2H3. The second kappa shape index (κ2) is 36.5. The van der Waals surface area contributed by atoms with Crippen LogP contribution in [0, 0.1) is 0 Å². The second-order valence-corrected chi connectivity index (χ2v) is 12.4. The van der Waals surface area contributed by atoms with E-state index in [0.717, 1.165) is 0 Å². The van der Waals surface area contributed by atoms with Crippen LogP contribution in [0.3, 0.4) is 0 Å². The van der Waals surface area contributed by atoms with E-state index in [0.29, 0.717) is 0 Å². The molecule has 0 fully saturated rings. The number of allylic oxidation sites excluding steroid dienone is 3. The monoisotopic (exact) mass is 531 g/mol. The zero-order chi connectivity index (χ0) is 27.5. The summed E-state index contributed by atoms with van der Waals surface area (Å²) in [5, 5.41) is 0. The van der Waals surface area contributed by atoms with Crippen LogP contribution >= 0.6 is 0 Å². The van der Waals surface area contributed by atoms with Gasteiger partial charge in [0.05, 0.1) is 0 Å². The van der Waals surface area contributed by atoms with Crippen LogP contribution in [-0.4, -0.2) is 0 Å². The molecular formula is C38H74. The Labute approximate surface area is 243 Å². The molecule has 226 valence electrons. The molecule has 0 rings (SSSR count). The van der Waals surface area contributed by atoms with Crippen LogP contribution in [-0.2, 0) is 0 Å². The van der Waals surface area contributed by atoms with Gasteiger partial charge in [0.1, 0.15) is 0 Å². The van der Waals surface area contributed by atoms with Crippen LogP contribution in [0.4, 0.5) is 0 Å². The van der Waals surface area contributed by atoms with Gasteiger partial charge in [-0.05, 0) is 12.8 Å². The Morgan fingerprint density at radius 1 is 0.316 bits per heavy atom. The Hall–Kier alpha value is -0.520. The molecule has 0 atom stereocenters. The normalized spacial score (nSPS) is 11.6. The molecule has 38 heavy (non-hydrogen) atoms. The molecule has 0 heterocycles. The van der Waals surface area contributed by atoms with Gasteiger partial charge in [0.2, 0.25) is 0 Å². The first-order valence-corrected chi connectivity index (χ1v) is 18.2. The molecule has 0 nitrogen and oxygen atoms in total. The molecule has 0 aliphatic rings. The molecule has 0 radical (unpaired) electrons. The first-order chi connectivity index (χ1) is 18.9. The van der Waals surface area contributed by atoms with Gasteiger partial charge in [0.15, 0.2) is 0 Å². The zero-order valence-electron chi connectivity index (χ0n) is 26.8. The summed E-state index contributed by atoms with van der Waals surface area (Å²) in [7, 11) is 0. The van der Waals surface area contributed by atoms with Crippen LogP contribution in [0.2, 0.25) is 0 Å². The Morgan fingerprint density at radius 2 is 0.526 bits per heavy atom. The largest absolute Gasteiger partial charge is 0.0991 e. The number of hydrogen-bond acceptors (Lipinski definition) is 0. The van der Waals surface area contributed by atoms with E-state index in [-0.39, 0.29) is 0 Å². The van der Waals surface area contributed by atoms with Gasteiger partial charge in [0, 0.05) is 0 Å². The minimum Gasteiger partial charge on any atom is -0.0991 e. The van der Waals surface area contributed by atoms with Gasteiger partial charge in [-0.2, -0.15) is 0 Å². The van der Waals surface area contributed by atoms with Crippen LogP contribution in [0.15, 0.2) is 24.8 Å². The predicted octanol–water partition coefficient (Wildman–Crippen LogP) is 14.6. The molecule has 0 aliphatic carbocycles. The summed E-state index contributed by atoms with van der Waals surface area (Å²) >= 11 is 0. The summed E-state index contributed by atoms with van der Waals surface area (Å²) in [4.78, 5) is 0. The average molecular weight is 531 g/mol. The van der Waals surface area contributed by atoms with Gasteiger partial charge < -0.3 is 0 Å². The van der Waals surface area contributed by atoms with Crippen molar-refractivity contribution in [3.8, 4) is 0 Å². The maximum Gasteiger partial charge on any atom is -0.0348 e. The third-order valence-corrected chi connectivity index (χ3v) is 8.50. The minimum atomic E-state index is 1.23. The van der Waals surface area contributed by atoms with E-state index in [9.17, 15) is 0 Å². The summed E-state index contributed by atoms with van der Waals surface area (Å²) in [6, 6.07) is 0. The molecule has 0 bridgehead atoms. The van der Waals surface area contributed by atoms with Gasteiger partial charge in [0.25, 0.3) is 0 Å². The van der Waals surface area contributed by atoms with E-state index in [2.05, 4.69) is 25.7 Å². The van der Waals surface area contributed by atoms with Gasteiger partial charge in [-0.1, -0.05) is 231 Å².